The molecule has 34 heavy (non-hydrogen) atoms. The summed E-state index contributed by atoms with van der Waals surface area (Å²) >= 11 is 5.93. The zero-order valence-corrected chi connectivity index (χ0v) is 19.0. The van der Waals surface area contributed by atoms with E-state index < -0.39 is 10.8 Å². The number of carbonyl (C=O) groups is 1. The third kappa shape index (κ3) is 6.17. The smallest absolute Gasteiger partial charge is 0.274 e. The lowest BCUT2D eigenvalue weighted by Gasteiger charge is -2.16. The summed E-state index contributed by atoms with van der Waals surface area (Å²) in [6.45, 7) is 3.97. The van der Waals surface area contributed by atoms with E-state index in [9.17, 15) is 14.9 Å². The van der Waals surface area contributed by atoms with Crippen LogP contribution in [0.5, 0.6) is 11.5 Å². The van der Waals surface area contributed by atoms with Gasteiger partial charge in [0.1, 0.15) is 11.8 Å². The van der Waals surface area contributed by atoms with Gasteiger partial charge in [-0.25, -0.2) is 10.4 Å². The number of pyridine rings is 1. The number of ether oxygens (including phenoxy) is 2. The predicted octanol–water partition coefficient (Wildman–Crippen LogP) is 4.72. The number of benzene rings is 2. The summed E-state index contributed by atoms with van der Waals surface area (Å²) in [5.74, 6) is 0.490. The molecule has 174 valence electrons. The number of nitrogens with zero attached hydrogens (tertiary/aromatic N) is 3. The molecule has 0 spiro atoms. The largest absolute Gasteiger partial charge is 0.493 e. The van der Waals surface area contributed by atoms with Crippen LogP contribution >= 0.6 is 11.6 Å². The summed E-state index contributed by atoms with van der Waals surface area (Å²) in [5.41, 5.74) is 4.85. The van der Waals surface area contributed by atoms with Gasteiger partial charge < -0.3 is 9.47 Å². The quantitative estimate of drug-likeness (QED) is 0.147. The van der Waals surface area contributed by atoms with Crippen LogP contribution in [0.2, 0.25) is 5.15 Å². The van der Waals surface area contributed by atoms with Crippen LogP contribution in [-0.4, -0.2) is 29.1 Å². The molecule has 0 saturated heterocycles. The van der Waals surface area contributed by atoms with Crippen molar-refractivity contribution in [3.05, 3.63) is 105 Å². The van der Waals surface area contributed by atoms with Crippen LogP contribution in [0.15, 0.2) is 72.5 Å². The van der Waals surface area contributed by atoms with Crippen molar-refractivity contribution < 1.29 is 19.2 Å². The molecule has 1 N–H and O–H groups in total. The lowest BCUT2D eigenvalue weighted by molar-refractivity contribution is -0.384. The van der Waals surface area contributed by atoms with E-state index in [4.69, 9.17) is 21.1 Å². The van der Waals surface area contributed by atoms with Gasteiger partial charge in [-0.1, -0.05) is 17.7 Å². The number of nitro groups is 1. The molecule has 0 aliphatic rings. The monoisotopic (exact) mass is 480 g/mol. The molecular formula is C24H21ClN4O5. The Morgan fingerprint density at radius 1 is 1.29 bits per heavy atom. The second-order valence-electron chi connectivity index (χ2n) is 6.96. The van der Waals surface area contributed by atoms with Crippen LogP contribution in [0.4, 0.5) is 5.69 Å². The molecular weight excluding hydrogens is 460 g/mol. The molecule has 0 saturated carbocycles. The first kappa shape index (κ1) is 24.4. The van der Waals surface area contributed by atoms with Crippen LogP contribution in [0.25, 0.3) is 0 Å². The van der Waals surface area contributed by atoms with Crippen LogP contribution in [0.3, 0.4) is 0 Å². The Labute approximate surface area is 200 Å². The first-order valence-electron chi connectivity index (χ1n) is 10.0. The summed E-state index contributed by atoms with van der Waals surface area (Å²) in [6.07, 6.45) is 5.17. The highest BCUT2D eigenvalue weighted by Crippen LogP contribution is 2.34. The average Bonchev–Trinajstić information content (AvgIpc) is 2.83. The van der Waals surface area contributed by atoms with Crippen LogP contribution in [-0.2, 0) is 13.0 Å². The number of amides is 1. The second kappa shape index (κ2) is 11.6. The van der Waals surface area contributed by atoms with E-state index in [0.29, 0.717) is 23.5 Å². The number of hydrogen-bond donors (Lipinski definition) is 1. The van der Waals surface area contributed by atoms with Crippen molar-refractivity contribution in [1.82, 2.24) is 10.4 Å². The minimum Gasteiger partial charge on any atom is -0.493 e. The molecule has 3 rings (SSSR count). The number of halogens is 1. The van der Waals surface area contributed by atoms with Crippen molar-refractivity contribution in [3.63, 3.8) is 0 Å². The highest BCUT2D eigenvalue weighted by Gasteiger charge is 2.14. The molecule has 0 radical (unpaired) electrons. The molecule has 0 bridgehead atoms. The number of methoxy groups -OCH3 is 1. The fraction of sp³-hybridized carbons (Fsp3) is 0.125. The number of aromatic nitrogens is 1. The van der Waals surface area contributed by atoms with Gasteiger partial charge >= 0.3 is 0 Å². The van der Waals surface area contributed by atoms with Gasteiger partial charge in [0, 0.05) is 23.9 Å². The molecule has 1 heterocycles. The number of rotatable bonds is 10. The summed E-state index contributed by atoms with van der Waals surface area (Å²) in [7, 11) is 1.51. The third-order valence-electron chi connectivity index (χ3n) is 4.65. The van der Waals surface area contributed by atoms with Crippen molar-refractivity contribution in [2.75, 3.05) is 7.11 Å². The first-order valence-corrected chi connectivity index (χ1v) is 10.4. The number of non-ortho nitro benzene ring substituents is 1. The highest BCUT2D eigenvalue weighted by atomic mass is 35.5. The van der Waals surface area contributed by atoms with Crippen LogP contribution in [0.1, 0.15) is 27.0 Å². The Bertz CT molecular complexity index is 1230. The molecule has 0 aliphatic heterocycles. The van der Waals surface area contributed by atoms with Gasteiger partial charge in [-0.2, -0.15) is 5.10 Å². The van der Waals surface area contributed by atoms with E-state index in [0.717, 1.165) is 11.1 Å². The van der Waals surface area contributed by atoms with Crippen molar-refractivity contribution in [1.29, 1.82) is 0 Å². The second-order valence-corrected chi connectivity index (χ2v) is 7.32. The predicted molar refractivity (Wildman–Crippen MR) is 129 cm³/mol. The Hall–Kier alpha value is -4.24. The Morgan fingerprint density at radius 2 is 2.06 bits per heavy atom. The maximum Gasteiger partial charge on any atom is 0.274 e. The van der Waals surface area contributed by atoms with E-state index in [1.54, 1.807) is 36.4 Å². The molecule has 10 heteroatoms. The molecule has 0 aliphatic carbocycles. The van der Waals surface area contributed by atoms with Crippen molar-refractivity contribution in [2.24, 2.45) is 5.10 Å². The zero-order chi connectivity index (χ0) is 24.5. The SMILES string of the molecule is C=CCc1cc(C=NNC(=O)c2cccnc2Cl)cc(OC)c1OCc1ccc([N+](=O)[O-])cc1. The minimum atomic E-state index is -0.490. The van der Waals surface area contributed by atoms with Gasteiger partial charge in [-0.3, -0.25) is 14.9 Å². The normalized spacial score (nSPS) is 10.6. The van der Waals surface area contributed by atoms with Gasteiger partial charge in [0.05, 0.1) is 23.8 Å². The van der Waals surface area contributed by atoms with Gasteiger partial charge in [-0.05, 0) is 53.9 Å². The average molecular weight is 481 g/mol. The number of allylic oxidation sites excluding steroid dienone is 1. The van der Waals surface area contributed by atoms with Gasteiger partial charge in [0.2, 0.25) is 0 Å². The van der Waals surface area contributed by atoms with Gasteiger partial charge in [0.25, 0.3) is 11.6 Å². The fourth-order valence-electron chi connectivity index (χ4n) is 3.03. The van der Waals surface area contributed by atoms with Gasteiger partial charge in [0.15, 0.2) is 11.5 Å². The van der Waals surface area contributed by atoms with E-state index in [-0.39, 0.29) is 23.0 Å². The van der Waals surface area contributed by atoms with E-state index >= 15 is 0 Å². The summed E-state index contributed by atoms with van der Waals surface area (Å²) in [5, 5.41) is 14.9. The number of hydrogen-bond acceptors (Lipinski definition) is 7. The highest BCUT2D eigenvalue weighted by molar-refractivity contribution is 6.32. The molecule has 2 aromatic carbocycles. The first-order chi connectivity index (χ1) is 16.4. The summed E-state index contributed by atoms with van der Waals surface area (Å²) in [6, 6.07) is 12.8. The fourth-order valence-corrected chi connectivity index (χ4v) is 3.24. The lowest BCUT2D eigenvalue weighted by Crippen LogP contribution is -2.18. The Morgan fingerprint density at radius 3 is 2.71 bits per heavy atom. The van der Waals surface area contributed by atoms with Crippen LogP contribution in [0, 0.1) is 10.1 Å². The van der Waals surface area contributed by atoms with E-state index in [1.807, 2.05) is 6.07 Å². The number of hydrazone groups is 1. The molecule has 0 unspecified atom stereocenters. The molecule has 9 nitrogen and oxygen atoms in total. The molecule has 1 amide bonds. The van der Waals surface area contributed by atoms with Gasteiger partial charge in [-0.15, -0.1) is 6.58 Å². The maximum absolute atomic E-state index is 12.2. The van der Waals surface area contributed by atoms with Crippen molar-refractivity contribution in [3.8, 4) is 11.5 Å². The lowest BCUT2D eigenvalue weighted by atomic mass is 10.1. The standard InChI is InChI=1S/C24H21ClN4O5/c1-3-5-18-12-17(14-27-28-24(30)20-6-4-11-26-23(20)25)13-21(33-2)22(18)34-15-16-7-9-19(10-8-16)29(31)32/h3-4,6-14H,1,5,15H2,2H3,(H,28,30). The molecule has 3 aromatic rings. The third-order valence-corrected chi connectivity index (χ3v) is 4.95. The minimum absolute atomic E-state index is 0.00945. The number of carbonyl (C=O) groups excluding carboxylic acids is 1. The van der Waals surface area contributed by atoms with Crippen LogP contribution < -0.4 is 14.9 Å². The molecule has 0 atom stereocenters. The van der Waals surface area contributed by atoms with Crippen molar-refractivity contribution >= 4 is 29.4 Å². The molecule has 1 aromatic heterocycles. The zero-order valence-electron chi connectivity index (χ0n) is 18.2. The number of nitrogens with one attached hydrogen (secondary N) is 1. The topological polar surface area (TPSA) is 116 Å². The molecule has 0 fully saturated rings. The van der Waals surface area contributed by atoms with E-state index in [2.05, 4.69) is 22.1 Å². The van der Waals surface area contributed by atoms with E-state index in [1.165, 1.54) is 31.7 Å². The maximum atomic E-state index is 12.2. The van der Waals surface area contributed by atoms with Crippen molar-refractivity contribution in [2.45, 2.75) is 13.0 Å². The summed E-state index contributed by atoms with van der Waals surface area (Å²) < 4.78 is 11.5. The number of nitro benzene ring substituents is 1. The summed E-state index contributed by atoms with van der Waals surface area (Å²) in [4.78, 5) is 26.5. The Balaban J connectivity index is 1.77. The Kier molecular flexibility index (Phi) is 8.31.